The number of aromatic carboxylic acids is 1. The van der Waals surface area contributed by atoms with Crippen LogP contribution in [0.25, 0.3) is 38.0 Å². The lowest BCUT2D eigenvalue weighted by Gasteiger charge is -2.08. The number of aromatic nitrogens is 4. The van der Waals surface area contributed by atoms with E-state index >= 15 is 0 Å². The van der Waals surface area contributed by atoms with Crippen molar-refractivity contribution in [2.24, 2.45) is 0 Å². The summed E-state index contributed by atoms with van der Waals surface area (Å²) in [6.07, 6.45) is 1.78. The first-order chi connectivity index (χ1) is 18.4. The fourth-order valence-electron chi connectivity index (χ4n) is 3.92. The largest absolute Gasteiger partial charge is 0.496 e. The molecule has 0 fully saturated rings. The molecule has 2 aromatic carbocycles. The predicted molar refractivity (Wildman–Crippen MR) is 143 cm³/mol. The van der Waals surface area contributed by atoms with Crippen LogP contribution in [0.2, 0.25) is 0 Å². The highest BCUT2D eigenvalue weighted by Gasteiger charge is 2.18. The van der Waals surface area contributed by atoms with Crippen LogP contribution in [0.3, 0.4) is 0 Å². The Bertz CT molecular complexity index is 1770. The van der Waals surface area contributed by atoms with Crippen LogP contribution in [0, 0.1) is 6.92 Å². The van der Waals surface area contributed by atoms with Gasteiger partial charge in [0.1, 0.15) is 34.4 Å². The molecule has 0 saturated carbocycles. The Morgan fingerprint density at radius 3 is 2.61 bits per heavy atom. The second-order valence-electron chi connectivity index (χ2n) is 8.27. The van der Waals surface area contributed by atoms with Crippen LogP contribution in [0.5, 0.6) is 16.7 Å². The maximum absolute atomic E-state index is 11.1. The standard InChI is InChI=1S/C26H20N4O6S2/c1-13-19(27-23(37-13)14-4-6-15(7-5-14)24(31)32)12-35-20-8-16(33-2)9-21-17(20)10-22(36-21)18-11-30-25(28-18)38-26(29-30)34-3/h4-11H,12H2,1-3H3,(H,31,32). The van der Waals surface area contributed by atoms with E-state index in [-0.39, 0.29) is 12.2 Å². The smallest absolute Gasteiger partial charge is 0.335 e. The number of aryl methyl sites for hydroxylation is 1. The van der Waals surface area contributed by atoms with Gasteiger partial charge in [-0.3, -0.25) is 0 Å². The highest BCUT2D eigenvalue weighted by Crippen LogP contribution is 2.38. The molecule has 0 saturated heterocycles. The van der Waals surface area contributed by atoms with E-state index in [0.29, 0.717) is 38.7 Å². The van der Waals surface area contributed by atoms with Gasteiger partial charge in [0.25, 0.3) is 5.19 Å². The fourth-order valence-corrected chi connectivity index (χ4v) is 5.54. The van der Waals surface area contributed by atoms with Gasteiger partial charge in [0.05, 0.1) is 37.1 Å². The third-order valence-corrected chi connectivity index (χ3v) is 7.84. The van der Waals surface area contributed by atoms with Crippen molar-refractivity contribution in [3.05, 3.63) is 64.8 Å². The number of imidazole rings is 1. The topological polar surface area (TPSA) is 121 Å². The normalized spacial score (nSPS) is 11.3. The molecule has 12 heteroatoms. The summed E-state index contributed by atoms with van der Waals surface area (Å²) in [5.74, 6) is 0.805. The molecule has 4 heterocycles. The van der Waals surface area contributed by atoms with Crippen LogP contribution in [0.4, 0.5) is 0 Å². The van der Waals surface area contributed by atoms with E-state index in [2.05, 4.69) is 10.1 Å². The molecule has 6 rings (SSSR count). The van der Waals surface area contributed by atoms with Crippen LogP contribution >= 0.6 is 22.7 Å². The highest BCUT2D eigenvalue weighted by molar-refractivity contribution is 7.18. The van der Waals surface area contributed by atoms with Gasteiger partial charge in [0.15, 0.2) is 5.76 Å². The van der Waals surface area contributed by atoms with E-state index < -0.39 is 5.97 Å². The van der Waals surface area contributed by atoms with Gasteiger partial charge >= 0.3 is 5.97 Å². The molecule has 4 aromatic heterocycles. The first kappa shape index (κ1) is 23.9. The lowest BCUT2D eigenvalue weighted by atomic mass is 10.1. The zero-order valence-corrected chi connectivity index (χ0v) is 22.1. The second-order valence-corrected chi connectivity index (χ2v) is 10.4. The minimum absolute atomic E-state index is 0.235. The van der Waals surface area contributed by atoms with Crippen molar-refractivity contribution in [3.63, 3.8) is 0 Å². The van der Waals surface area contributed by atoms with Gasteiger partial charge < -0.3 is 23.7 Å². The van der Waals surface area contributed by atoms with Crippen molar-refractivity contribution in [3.8, 4) is 38.7 Å². The quantitative estimate of drug-likeness (QED) is 0.247. The van der Waals surface area contributed by atoms with Gasteiger partial charge in [-0.15, -0.1) is 16.4 Å². The number of fused-ring (bicyclic) bond motifs is 2. The minimum atomic E-state index is -0.961. The Morgan fingerprint density at radius 2 is 1.89 bits per heavy atom. The Kier molecular flexibility index (Phi) is 5.97. The van der Waals surface area contributed by atoms with E-state index in [1.54, 1.807) is 55.3 Å². The molecule has 10 nitrogen and oxygen atoms in total. The first-order valence-electron chi connectivity index (χ1n) is 11.4. The summed E-state index contributed by atoms with van der Waals surface area (Å²) in [6, 6.07) is 12.2. The van der Waals surface area contributed by atoms with E-state index in [9.17, 15) is 4.79 Å². The van der Waals surface area contributed by atoms with Crippen LogP contribution in [0.15, 0.2) is 53.1 Å². The van der Waals surface area contributed by atoms with Crippen molar-refractivity contribution >= 4 is 44.6 Å². The number of carboxylic acid groups (broad SMARTS) is 1. The molecule has 0 spiro atoms. The van der Waals surface area contributed by atoms with Crippen molar-refractivity contribution < 1.29 is 28.5 Å². The Balaban J connectivity index is 1.28. The Morgan fingerprint density at radius 1 is 1.08 bits per heavy atom. The van der Waals surface area contributed by atoms with Gasteiger partial charge in [-0.25, -0.2) is 19.3 Å². The molecule has 0 aliphatic carbocycles. The zero-order valence-electron chi connectivity index (χ0n) is 20.4. The molecular formula is C26H20N4O6S2. The Hall–Kier alpha value is -4.42. The maximum atomic E-state index is 11.1. The van der Waals surface area contributed by atoms with Gasteiger partial charge in [-0.05, 0) is 36.5 Å². The van der Waals surface area contributed by atoms with Crippen LogP contribution in [-0.2, 0) is 6.61 Å². The van der Waals surface area contributed by atoms with Gasteiger partial charge in [-0.2, -0.15) is 0 Å². The third kappa shape index (κ3) is 4.33. The molecule has 0 atom stereocenters. The molecule has 0 aliphatic rings. The summed E-state index contributed by atoms with van der Waals surface area (Å²) in [4.78, 5) is 22.2. The van der Waals surface area contributed by atoms with E-state index in [1.807, 2.05) is 19.1 Å². The van der Waals surface area contributed by atoms with Gasteiger partial charge in [-0.1, -0.05) is 12.1 Å². The molecule has 0 unspecified atom stereocenters. The second kappa shape index (κ2) is 9.47. The fraction of sp³-hybridized carbons (Fsp3) is 0.154. The molecule has 192 valence electrons. The van der Waals surface area contributed by atoms with E-state index in [4.69, 9.17) is 28.7 Å². The number of nitrogens with zero attached hydrogens (tertiary/aromatic N) is 4. The minimum Gasteiger partial charge on any atom is -0.496 e. The van der Waals surface area contributed by atoms with Crippen molar-refractivity contribution in [2.45, 2.75) is 13.5 Å². The predicted octanol–water partition coefficient (Wildman–Crippen LogP) is 5.93. The SMILES string of the molecule is COc1cc(OCc2nc(-c3ccc(C(=O)O)cc3)sc2C)c2cc(-c3cn4nc(OC)sc4n3)oc2c1. The summed E-state index contributed by atoms with van der Waals surface area (Å²) < 4.78 is 24.6. The van der Waals surface area contributed by atoms with Crippen LogP contribution in [0.1, 0.15) is 20.9 Å². The number of carbonyl (C=O) groups is 1. The lowest BCUT2D eigenvalue weighted by molar-refractivity contribution is 0.0697. The number of methoxy groups -OCH3 is 2. The molecule has 38 heavy (non-hydrogen) atoms. The van der Waals surface area contributed by atoms with Crippen molar-refractivity contribution in [1.82, 2.24) is 19.6 Å². The molecule has 0 aliphatic heterocycles. The third-order valence-electron chi connectivity index (χ3n) is 5.90. The monoisotopic (exact) mass is 548 g/mol. The summed E-state index contributed by atoms with van der Waals surface area (Å²) in [6.45, 7) is 2.22. The van der Waals surface area contributed by atoms with Crippen molar-refractivity contribution in [2.75, 3.05) is 14.2 Å². The average Bonchev–Trinajstić information content (AvgIpc) is 3.69. The maximum Gasteiger partial charge on any atom is 0.335 e. The highest BCUT2D eigenvalue weighted by atomic mass is 32.1. The summed E-state index contributed by atoms with van der Waals surface area (Å²) in [5, 5.41) is 15.6. The summed E-state index contributed by atoms with van der Waals surface area (Å²) >= 11 is 2.87. The number of rotatable bonds is 8. The van der Waals surface area contributed by atoms with Gasteiger partial charge in [0, 0.05) is 22.6 Å². The number of benzene rings is 2. The number of thiazole rings is 1. The summed E-state index contributed by atoms with van der Waals surface area (Å²) in [5.41, 5.74) is 3.12. The number of hydrogen-bond donors (Lipinski definition) is 1. The van der Waals surface area contributed by atoms with E-state index in [1.165, 1.54) is 22.7 Å². The number of furan rings is 1. The van der Waals surface area contributed by atoms with Crippen LogP contribution < -0.4 is 14.2 Å². The first-order valence-corrected chi connectivity index (χ1v) is 13.0. The molecule has 0 amide bonds. The number of hydrogen-bond acceptors (Lipinski definition) is 10. The van der Waals surface area contributed by atoms with Gasteiger partial charge in [0.2, 0.25) is 4.96 Å². The number of carboxylic acids is 1. The average molecular weight is 549 g/mol. The molecule has 6 aromatic rings. The molecule has 1 N–H and O–H groups in total. The number of ether oxygens (including phenoxy) is 3. The van der Waals surface area contributed by atoms with Crippen LogP contribution in [-0.4, -0.2) is 44.9 Å². The Labute approximate surface area is 223 Å². The summed E-state index contributed by atoms with van der Waals surface area (Å²) in [7, 11) is 3.16. The van der Waals surface area contributed by atoms with Crippen molar-refractivity contribution in [1.29, 1.82) is 0 Å². The molecular weight excluding hydrogens is 528 g/mol. The molecule has 0 radical (unpaired) electrons. The lowest BCUT2D eigenvalue weighted by Crippen LogP contribution is -1.98. The zero-order chi connectivity index (χ0) is 26.4. The van der Waals surface area contributed by atoms with E-state index in [0.717, 1.165) is 26.5 Å². The molecule has 0 bridgehead atoms.